The lowest BCUT2D eigenvalue weighted by Crippen LogP contribution is -2.20. The Bertz CT molecular complexity index is 363. The van der Waals surface area contributed by atoms with E-state index in [9.17, 15) is 4.39 Å². The molecule has 0 amide bonds. The Kier molecular flexibility index (Phi) is 3.53. The summed E-state index contributed by atoms with van der Waals surface area (Å²) in [7, 11) is 0. The highest BCUT2D eigenvalue weighted by Gasteiger charge is 2.28. The van der Waals surface area contributed by atoms with Crippen molar-refractivity contribution in [2.24, 2.45) is 0 Å². The molecule has 16 heavy (non-hydrogen) atoms. The molecule has 1 aliphatic carbocycles. The highest BCUT2D eigenvalue weighted by molar-refractivity contribution is 6.21. The summed E-state index contributed by atoms with van der Waals surface area (Å²) < 4.78 is 14.0. The zero-order chi connectivity index (χ0) is 11.7. The summed E-state index contributed by atoms with van der Waals surface area (Å²) in [6.45, 7) is 3.92. The van der Waals surface area contributed by atoms with E-state index in [1.54, 1.807) is 6.07 Å². The van der Waals surface area contributed by atoms with E-state index in [0.717, 1.165) is 29.5 Å². The number of rotatable bonds is 1. The van der Waals surface area contributed by atoms with Gasteiger partial charge in [0.1, 0.15) is 5.82 Å². The number of hydrogen-bond acceptors (Lipinski definition) is 0. The van der Waals surface area contributed by atoms with Crippen LogP contribution in [0.2, 0.25) is 0 Å². The van der Waals surface area contributed by atoms with Gasteiger partial charge in [0.05, 0.1) is 0 Å². The molecule has 1 saturated carbocycles. The number of halogens is 2. The van der Waals surface area contributed by atoms with E-state index in [1.807, 2.05) is 13.8 Å². The van der Waals surface area contributed by atoms with Crippen molar-refractivity contribution in [2.75, 3.05) is 0 Å². The van der Waals surface area contributed by atoms with Crippen LogP contribution in [0.5, 0.6) is 0 Å². The molecule has 0 radical (unpaired) electrons. The van der Waals surface area contributed by atoms with Crippen molar-refractivity contribution in [3.05, 3.63) is 34.6 Å². The fourth-order valence-electron chi connectivity index (χ4n) is 2.81. The summed E-state index contributed by atoms with van der Waals surface area (Å²) in [4.78, 5) is 0. The second-order valence-electron chi connectivity index (χ2n) is 4.88. The van der Waals surface area contributed by atoms with Crippen molar-refractivity contribution in [2.45, 2.75) is 50.8 Å². The fraction of sp³-hybridized carbons (Fsp3) is 0.571. The van der Waals surface area contributed by atoms with Crippen LogP contribution in [0.4, 0.5) is 4.39 Å². The maximum Gasteiger partial charge on any atom is 0.127 e. The largest absolute Gasteiger partial charge is 0.207 e. The van der Waals surface area contributed by atoms with Gasteiger partial charge in [-0.1, -0.05) is 18.9 Å². The smallest absolute Gasteiger partial charge is 0.127 e. The Morgan fingerprint density at radius 1 is 1.19 bits per heavy atom. The van der Waals surface area contributed by atoms with Gasteiger partial charge in [-0.15, -0.1) is 11.6 Å². The summed E-state index contributed by atoms with van der Waals surface area (Å²) in [5.74, 6) is 0.131. The molecule has 1 fully saturated rings. The van der Waals surface area contributed by atoms with E-state index >= 15 is 0 Å². The maximum atomic E-state index is 14.0. The molecule has 0 saturated heterocycles. The minimum Gasteiger partial charge on any atom is -0.207 e. The summed E-state index contributed by atoms with van der Waals surface area (Å²) in [6.07, 6.45) is 4.38. The molecule has 1 aromatic carbocycles. The first-order chi connectivity index (χ1) is 7.59. The first-order valence-corrected chi connectivity index (χ1v) is 6.44. The Labute approximate surface area is 102 Å². The average Bonchev–Trinajstić information content (AvgIpc) is 2.19. The molecule has 0 aliphatic heterocycles. The minimum absolute atomic E-state index is 0.0740. The van der Waals surface area contributed by atoms with Gasteiger partial charge in [0.25, 0.3) is 0 Å². The number of alkyl halides is 1. The molecule has 0 N–H and O–H groups in total. The van der Waals surface area contributed by atoms with E-state index in [0.29, 0.717) is 0 Å². The monoisotopic (exact) mass is 240 g/mol. The zero-order valence-corrected chi connectivity index (χ0v) is 10.6. The molecule has 2 unspecified atom stereocenters. The Morgan fingerprint density at radius 2 is 1.88 bits per heavy atom. The van der Waals surface area contributed by atoms with Crippen molar-refractivity contribution in [1.29, 1.82) is 0 Å². The molecule has 0 bridgehead atoms. The van der Waals surface area contributed by atoms with Crippen LogP contribution >= 0.6 is 11.6 Å². The van der Waals surface area contributed by atoms with Crippen molar-refractivity contribution >= 4 is 11.6 Å². The topological polar surface area (TPSA) is 0 Å². The molecule has 0 spiro atoms. The summed E-state index contributed by atoms with van der Waals surface area (Å²) >= 11 is 6.33. The molecule has 2 atom stereocenters. The Morgan fingerprint density at radius 3 is 2.50 bits per heavy atom. The number of aryl methyl sites for hydroxylation is 2. The van der Waals surface area contributed by atoms with Crippen LogP contribution < -0.4 is 0 Å². The lowest BCUT2D eigenvalue weighted by Gasteiger charge is -2.29. The van der Waals surface area contributed by atoms with E-state index in [1.165, 1.54) is 12.8 Å². The van der Waals surface area contributed by atoms with Crippen LogP contribution in [0.25, 0.3) is 0 Å². The van der Waals surface area contributed by atoms with Gasteiger partial charge in [-0.2, -0.15) is 0 Å². The van der Waals surface area contributed by atoms with Gasteiger partial charge >= 0.3 is 0 Å². The summed E-state index contributed by atoms with van der Waals surface area (Å²) in [5, 5.41) is 0.102. The molecule has 1 aromatic rings. The van der Waals surface area contributed by atoms with Crippen molar-refractivity contribution in [3.8, 4) is 0 Å². The highest BCUT2D eigenvalue weighted by Crippen LogP contribution is 2.39. The molecular weight excluding hydrogens is 223 g/mol. The first kappa shape index (κ1) is 11.9. The second kappa shape index (κ2) is 4.75. The maximum absolute atomic E-state index is 14.0. The Balaban J connectivity index is 2.38. The minimum atomic E-state index is -0.0740. The lowest BCUT2D eigenvalue weighted by molar-refractivity contribution is 0.434. The molecule has 0 nitrogen and oxygen atoms in total. The van der Waals surface area contributed by atoms with Crippen molar-refractivity contribution < 1.29 is 4.39 Å². The molecule has 1 aliphatic rings. The van der Waals surface area contributed by atoms with E-state index in [4.69, 9.17) is 11.6 Å². The molecule has 2 rings (SSSR count). The predicted molar refractivity (Wildman–Crippen MR) is 66.7 cm³/mol. The van der Waals surface area contributed by atoms with Crippen molar-refractivity contribution in [3.63, 3.8) is 0 Å². The van der Waals surface area contributed by atoms with Crippen LogP contribution in [0, 0.1) is 19.7 Å². The van der Waals surface area contributed by atoms with Gasteiger partial charge < -0.3 is 0 Å². The zero-order valence-electron chi connectivity index (χ0n) is 9.89. The number of hydrogen-bond donors (Lipinski definition) is 0. The van der Waals surface area contributed by atoms with Crippen LogP contribution in [0.15, 0.2) is 12.1 Å². The van der Waals surface area contributed by atoms with Gasteiger partial charge in [0, 0.05) is 11.3 Å². The van der Waals surface area contributed by atoms with Gasteiger partial charge in [-0.25, -0.2) is 4.39 Å². The van der Waals surface area contributed by atoms with Gasteiger partial charge in [-0.3, -0.25) is 0 Å². The van der Waals surface area contributed by atoms with Crippen LogP contribution in [-0.4, -0.2) is 5.38 Å². The molecule has 0 heterocycles. The lowest BCUT2D eigenvalue weighted by atomic mass is 9.81. The first-order valence-electron chi connectivity index (χ1n) is 6.00. The standard InChI is InChI=1S/C14H18ClF/c1-9-7-10(2)14(13(16)8-9)11-5-3-4-6-12(11)15/h7-8,11-12H,3-6H2,1-2H3. The summed E-state index contributed by atoms with van der Waals surface area (Å²) in [6, 6.07) is 3.68. The van der Waals surface area contributed by atoms with Gasteiger partial charge in [0.15, 0.2) is 0 Å². The highest BCUT2D eigenvalue weighted by atomic mass is 35.5. The van der Waals surface area contributed by atoms with Crippen LogP contribution in [0.1, 0.15) is 48.3 Å². The van der Waals surface area contributed by atoms with Crippen LogP contribution in [-0.2, 0) is 0 Å². The molecular formula is C14H18ClF. The van der Waals surface area contributed by atoms with E-state index < -0.39 is 0 Å². The average molecular weight is 241 g/mol. The van der Waals surface area contributed by atoms with E-state index in [2.05, 4.69) is 6.07 Å². The van der Waals surface area contributed by atoms with Crippen LogP contribution in [0.3, 0.4) is 0 Å². The third-order valence-electron chi connectivity index (χ3n) is 3.53. The quantitative estimate of drug-likeness (QED) is 0.624. The second-order valence-corrected chi connectivity index (χ2v) is 5.44. The van der Waals surface area contributed by atoms with Gasteiger partial charge in [-0.05, 0) is 49.4 Å². The number of benzene rings is 1. The normalized spacial score (nSPS) is 25.8. The predicted octanol–water partition coefficient (Wildman–Crippen LogP) is 4.71. The Hall–Kier alpha value is -0.560. The molecule has 88 valence electrons. The molecule has 0 aromatic heterocycles. The third kappa shape index (κ3) is 2.24. The SMILES string of the molecule is Cc1cc(C)c(C2CCCCC2Cl)c(F)c1. The fourth-order valence-corrected chi connectivity index (χ4v) is 3.21. The van der Waals surface area contributed by atoms with E-state index in [-0.39, 0.29) is 17.1 Å². The van der Waals surface area contributed by atoms with Crippen molar-refractivity contribution in [1.82, 2.24) is 0 Å². The van der Waals surface area contributed by atoms with Gasteiger partial charge in [0.2, 0.25) is 0 Å². The summed E-state index contributed by atoms with van der Waals surface area (Å²) in [5.41, 5.74) is 2.89. The third-order valence-corrected chi connectivity index (χ3v) is 4.06. The molecule has 2 heteroatoms.